The van der Waals surface area contributed by atoms with E-state index in [0.29, 0.717) is 0 Å². The van der Waals surface area contributed by atoms with Gasteiger partial charge >= 0.3 is 0 Å². The molecule has 0 heterocycles. The van der Waals surface area contributed by atoms with E-state index in [2.05, 4.69) is 75.0 Å². The third-order valence-corrected chi connectivity index (χ3v) is 4.40. The molecule has 2 rings (SSSR count). The van der Waals surface area contributed by atoms with Crippen LogP contribution in [0.25, 0.3) is 0 Å². The number of hydrogen-bond donors (Lipinski definition) is 1. The van der Waals surface area contributed by atoms with Gasteiger partial charge in [0.2, 0.25) is 0 Å². The van der Waals surface area contributed by atoms with E-state index in [1.807, 2.05) is 18.2 Å². The Hall–Kier alpha value is -0.260. The Morgan fingerprint density at radius 3 is 2.68 bits per heavy atom. The number of anilines is 1. The average Bonchev–Trinajstić information content (AvgIpc) is 2.38. The van der Waals surface area contributed by atoms with Gasteiger partial charge in [0, 0.05) is 8.04 Å². The molecular weight excluding hydrogens is 436 g/mol. The van der Waals surface area contributed by atoms with Gasteiger partial charge in [0.05, 0.1) is 16.8 Å². The maximum Gasteiger partial charge on any atom is 0.0648 e. The molecule has 0 aromatic heterocycles. The summed E-state index contributed by atoms with van der Waals surface area (Å²) >= 11 is 12.0. The van der Waals surface area contributed by atoms with Gasteiger partial charge in [-0.2, -0.15) is 0 Å². The topological polar surface area (TPSA) is 12.0 Å². The van der Waals surface area contributed by atoms with Crippen molar-refractivity contribution in [2.75, 3.05) is 5.32 Å². The summed E-state index contributed by atoms with van der Waals surface area (Å²) in [5.41, 5.74) is 2.24. The Kier molecular flexibility index (Phi) is 5.54. The molecule has 0 radical (unpaired) electrons. The molecule has 100 valence electrons. The third kappa shape index (κ3) is 4.10. The fourth-order valence-electron chi connectivity index (χ4n) is 1.94. The van der Waals surface area contributed by atoms with Crippen LogP contribution in [0.3, 0.4) is 0 Å². The lowest BCUT2D eigenvalue weighted by Gasteiger charge is -2.20. The van der Waals surface area contributed by atoms with Crippen LogP contribution < -0.4 is 5.32 Å². The fraction of sp³-hybridized carbons (Fsp3) is 0.200. The molecule has 0 spiro atoms. The first-order chi connectivity index (χ1) is 9.10. The molecule has 0 saturated carbocycles. The molecule has 0 aliphatic rings. The Balaban J connectivity index is 2.24. The molecule has 0 bridgehead atoms. The Labute approximate surface area is 141 Å². The Morgan fingerprint density at radius 1 is 1.26 bits per heavy atom. The van der Waals surface area contributed by atoms with Crippen molar-refractivity contribution >= 4 is 55.8 Å². The second kappa shape index (κ2) is 6.95. The summed E-state index contributed by atoms with van der Waals surface area (Å²) in [6.45, 7) is 2.17. The van der Waals surface area contributed by atoms with Crippen molar-refractivity contribution in [3.05, 3.63) is 61.1 Å². The van der Waals surface area contributed by atoms with Crippen molar-refractivity contribution in [1.29, 1.82) is 0 Å². The normalized spacial score (nSPS) is 12.2. The van der Waals surface area contributed by atoms with Gasteiger partial charge < -0.3 is 5.32 Å². The van der Waals surface area contributed by atoms with Gasteiger partial charge in [0.25, 0.3) is 0 Å². The molecule has 2 aromatic rings. The van der Waals surface area contributed by atoms with Gasteiger partial charge in [0.15, 0.2) is 0 Å². The lowest BCUT2D eigenvalue weighted by Crippen LogP contribution is -2.10. The highest BCUT2D eigenvalue weighted by Gasteiger charge is 2.11. The minimum Gasteiger partial charge on any atom is -0.377 e. The molecule has 0 amide bonds. The van der Waals surface area contributed by atoms with Gasteiger partial charge in [-0.15, -0.1) is 0 Å². The lowest BCUT2D eigenvalue weighted by molar-refractivity contribution is 0.749. The summed E-state index contributed by atoms with van der Waals surface area (Å²) in [7, 11) is 0. The van der Waals surface area contributed by atoms with Crippen LogP contribution in [0, 0.1) is 3.57 Å². The fourth-order valence-corrected chi connectivity index (χ4v) is 3.27. The first-order valence-electron chi connectivity index (χ1n) is 6.07. The highest BCUT2D eigenvalue weighted by Crippen LogP contribution is 2.30. The summed E-state index contributed by atoms with van der Waals surface area (Å²) < 4.78 is 2.24. The Bertz CT molecular complexity index is 574. The van der Waals surface area contributed by atoms with Crippen molar-refractivity contribution in [3.63, 3.8) is 0 Å². The van der Waals surface area contributed by atoms with Crippen molar-refractivity contribution in [3.8, 4) is 0 Å². The van der Waals surface area contributed by atoms with Crippen LogP contribution in [0.15, 0.2) is 46.9 Å². The SMILES string of the molecule is CCC(Nc1ccc(I)cc1Cl)c1cccc(Br)c1. The van der Waals surface area contributed by atoms with Crippen LogP contribution in [0.1, 0.15) is 24.9 Å². The largest absolute Gasteiger partial charge is 0.377 e. The molecule has 19 heavy (non-hydrogen) atoms. The smallest absolute Gasteiger partial charge is 0.0648 e. The van der Waals surface area contributed by atoms with Crippen LogP contribution in [0.5, 0.6) is 0 Å². The zero-order chi connectivity index (χ0) is 13.8. The highest BCUT2D eigenvalue weighted by molar-refractivity contribution is 14.1. The van der Waals surface area contributed by atoms with Crippen LogP contribution in [-0.4, -0.2) is 0 Å². The molecule has 1 nitrogen and oxygen atoms in total. The molecular formula is C15H14BrClIN. The molecule has 2 aromatic carbocycles. The second-order valence-corrected chi connectivity index (χ2v) is 6.85. The van der Waals surface area contributed by atoms with E-state index in [1.54, 1.807) is 0 Å². The zero-order valence-corrected chi connectivity index (χ0v) is 15.0. The van der Waals surface area contributed by atoms with Crippen LogP contribution in [0.4, 0.5) is 5.69 Å². The molecule has 0 aliphatic heterocycles. The van der Waals surface area contributed by atoms with Gasteiger partial charge in [-0.3, -0.25) is 0 Å². The molecule has 0 fully saturated rings. The molecule has 4 heteroatoms. The number of hydrogen-bond acceptors (Lipinski definition) is 1. The average molecular weight is 451 g/mol. The van der Waals surface area contributed by atoms with E-state index >= 15 is 0 Å². The summed E-state index contributed by atoms with van der Waals surface area (Å²) in [4.78, 5) is 0. The number of halogens is 3. The quantitative estimate of drug-likeness (QED) is 0.542. The zero-order valence-electron chi connectivity index (χ0n) is 10.5. The summed E-state index contributed by atoms with van der Waals surface area (Å²) in [5.74, 6) is 0. The van der Waals surface area contributed by atoms with E-state index in [9.17, 15) is 0 Å². The van der Waals surface area contributed by atoms with Crippen LogP contribution in [-0.2, 0) is 0 Å². The number of benzene rings is 2. The molecule has 0 aliphatic carbocycles. The molecule has 1 atom stereocenters. The van der Waals surface area contributed by atoms with Crippen molar-refractivity contribution in [2.45, 2.75) is 19.4 Å². The van der Waals surface area contributed by atoms with Crippen molar-refractivity contribution in [1.82, 2.24) is 0 Å². The summed E-state index contributed by atoms with van der Waals surface area (Å²) in [5, 5.41) is 4.28. The van der Waals surface area contributed by atoms with Gasteiger partial charge in [-0.25, -0.2) is 0 Å². The number of nitrogens with one attached hydrogen (secondary N) is 1. The standard InChI is InChI=1S/C15H14BrClIN/c1-2-14(10-4-3-5-11(16)8-10)19-15-7-6-12(18)9-13(15)17/h3-9,14,19H,2H2,1H3. The van der Waals surface area contributed by atoms with E-state index in [4.69, 9.17) is 11.6 Å². The monoisotopic (exact) mass is 449 g/mol. The first kappa shape index (κ1) is 15.1. The lowest BCUT2D eigenvalue weighted by atomic mass is 10.0. The van der Waals surface area contributed by atoms with Crippen LogP contribution in [0.2, 0.25) is 5.02 Å². The van der Waals surface area contributed by atoms with Crippen LogP contribution >= 0.6 is 50.1 Å². The minimum absolute atomic E-state index is 0.259. The minimum atomic E-state index is 0.259. The maximum atomic E-state index is 6.27. The predicted molar refractivity (Wildman–Crippen MR) is 95.0 cm³/mol. The third-order valence-electron chi connectivity index (χ3n) is 2.92. The van der Waals surface area contributed by atoms with Crippen molar-refractivity contribution < 1.29 is 0 Å². The van der Waals surface area contributed by atoms with Gasteiger partial charge in [-0.1, -0.05) is 46.6 Å². The highest BCUT2D eigenvalue weighted by atomic mass is 127. The van der Waals surface area contributed by atoms with Crippen molar-refractivity contribution in [2.24, 2.45) is 0 Å². The van der Waals surface area contributed by atoms with E-state index < -0.39 is 0 Å². The summed E-state index contributed by atoms with van der Waals surface area (Å²) in [6.07, 6.45) is 0.999. The maximum absolute atomic E-state index is 6.27. The summed E-state index contributed by atoms with van der Waals surface area (Å²) in [6, 6.07) is 14.7. The number of rotatable bonds is 4. The molecule has 1 unspecified atom stereocenters. The van der Waals surface area contributed by atoms with Gasteiger partial charge in [0.1, 0.15) is 0 Å². The van der Waals surface area contributed by atoms with E-state index in [0.717, 1.165) is 25.2 Å². The molecule has 1 N–H and O–H groups in total. The van der Waals surface area contributed by atoms with E-state index in [1.165, 1.54) is 5.56 Å². The van der Waals surface area contributed by atoms with Gasteiger partial charge in [-0.05, 0) is 64.9 Å². The first-order valence-corrected chi connectivity index (χ1v) is 8.32. The Morgan fingerprint density at radius 2 is 2.05 bits per heavy atom. The molecule has 0 saturated heterocycles. The predicted octanol–water partition coefficient (Wildman–Crippen LogP) is 6.27. The second-order valence-electron chi connectivity index (χ2n) is 4.28. The van der Waals surface area contributed by atoms with E-state index in [-0.39, 0.29) is 6.04 Å².